The summed E-state index contributed by atoms with van der Waals surface area (Å²) in [5.74, 6) is -4.68. The van der Waals surface area contributed by atoms with Crippen LogP contribution in [0.2, 0.25) is 0 Å². The number of primary amides is 2. The van der Waals surface area contributed by atoms with E-state index in [4.69, 9.17) is 32.2 Å². The van der Waals surface area contributed by atoms with Crippen molar-refractivity contribution in [2.45, 2.75) is 133 Å². The van der Waals surface area contributed by atoms with E-state index in [-0.39, 0.29) is 38.5 Å². The number of amides is 2. The van der Waals surface area contributed by atoms with E-state index >= 15 is 0 Å². The molecule has 3 saturated carbocycles. The van der Waals surface area contributed by atoms with Crippen molar-refractivity contribution in [3.8, 4) is 12.1 Å². The Balaban J connectivity index is -0.000000146. The fourth-order valence-corrected chi connectivity index (χ4v) is 4.97. The van der Waals surface area contributed by atoms with Gasteiger partial charge in [0.2, 0.25) is 11.8 Å². The van der Waals surface area contributed by atoms with Gasteiger partial charge in [0, 0.05) is 11.8 Å². The predicted molar refractivity (Wildman–Crippen MR) is 169 cm³/mol. The van der Waals surface area contributed by atoms with Crippen molar-refractivity contribution in [3.05, 3.63) is 0 Å². The molecule has 0 aromatic carbocycles. The van der Waals surface area contributed by atoms with Gasteiger partial charge in [-0.3, -0.25) is 19.2 Å². The number of nitriles is 2. The molecule has 3 aliphatic rings. The highest BCUT2D eigenvalue weighted by atomic mass is 16.4. The van der Waals surface area contributed by atoms with Crippen LogP contribution in [0.15, 0.2) is 0 Å². The molecule has 6 atom stereocenters. The van der Waals surface area contributed by atoms with Crippen molar-refractivity contribution in [1.82, 2.24) is 0 Å². The summed E-state index contributed by atoms with van der Waals surface area (Å²) < 4.78 is 0. The third-order valence-electron chi connectivity index (χ3n) is 6.99. The molecule has 0 aliphatic heterocycles. The van der Waals surface area contributed by atoms with Crippen LogP contribution in [0.25, 0.3) is 0 Å². The molecule has 246 valence electrons. The molecule has 0 bridgehead atoms. The van der Waals surface area contributed by atoms with Crippen molar-refractivity contribution in [2.24, 2.45) is 47.0 Å². The maximum atomic E-state index is 10.9. The van der Waals surface area contributed by atoms with Crippen molar-refractivity contribution in [1.29, 1.82) is 10.5 Å². The lowest BCUT2D eigenvalue weighted by Gasteiger charge is -2.26. The Bertz CT molecular complexity index is 696. The molecule has 3 rings (SSSR count). The second-order valence-corrected chi connectivity index (χ2v) is 9.23. The van der Waals surface area contributed by atoms with Gasteiger partial charge in [0.05, 0.1) is 35.8 Å². The van der Waals surface area contributed by atoms with Crippen molar-refractivity contribution < 1.29 is 29.4 Å². The Hall–Kier alpha value is -3.14. The van der Waals surface area contributed by atoms with E-state index in [0.29, 0.717) is 25.7 Å². The van der Waals surface area contributed by atoms with Crippen LogP contribution in [0.5, 0.6) is 0 Å². The molecule has 3 aliphatic carbocycles. The van der Waals surface area contributed by atoms with Crippen molar-refractivity contribution >= 4 is 23.8 Å². The Morgan fingerprint density at radius 2 is 0.738 bits per heavy atom. The third-order valence-corrected chi connectivity index (χ3v) is 6.99. The average molecular weight is 599 g/mol. The molecule has 3 fully saturated rings. The van der Waals surface area contributed by atoms with E-state index in [1.54, 1.807) is 0 Å². The van der Waals surface area contributed by atoms with Gasteiger partial charge in [-0.1, -0.05) is 94.9 Å². The Morgan fingerprint density at radius 1 is 0.524 bits per heavy atom. The van der Waals surface area contributed by atoms with Gasteiger partial charge < -0.3 is 21.7 Å². The van der Waals surface area contributed by atoms with Gasteiger partial charge in [-0.05, 0) is 38.5 Å². The number of carbonyl (C=O) groups excluding carboxylic acids is 2. The van der Waals surface area contributed by atoms with Gasteiger partial charge in [0.15, 0.2) is 0 Å². The summed E-state index contributed by atoms with van der Waals surface area (Å²) in [7, 11) is 0. The van der Waals surface area contributed by atoms with Crippen LogP contribution in [0.1, 0.15) is 133 Å². The van der Waals surface area contributed by atoms with Crippen LogP contribution >= 0.6 is 0 Å². The standard InChI is InChI=1S/C8H14N2O2.C8H10N2.C8H12O4.3C2H6.2CH4/c9-7(11)5-3-1-2-4-6(5)8(10)12;9-5-7-3-1-2-4-8(7)6-10;9-7(10)5-3-1-2-4-6(5)8(11)12;3*1-2;;/h5-6H,1-4H2,(H2,9,11)(H2,10,12);7-8H,1-4H2;5-6H,1-4H2,(H,9,10)(H,11,12);3*1-2H3;2*1H4/t5-,6?;7-,8?;5-,6?;;;;;/m010...../s1. The number of carboxylic acids is 2. The van der Waals surface area contributed by atoms with Crippen molar-refractivity contribution in [3.63, 3.8) is 0 Å². The molecular formula is C32H62N4O6. The molecule has 3 unspecified atom stereocenters. The van der Waals surface area contributed by atoms with Crippen LogP contribution in [-0.2, 0) is 19.2 Å². The van der Waals surface area contributed by atoms with E-state index in [1.165, 1.54) is 0 Å². The number of hydrogen-bond donors (Lipinski definition) is 4. The van der Waals surface area contributed by atoms with E-state index in [1.807, 2.05) is 41.5 Å². The number of aliphatic carboxylic acids is 2. The smallest absolute Gasteiger partial charge is 0.307 e. The normalized spacial score (nSPS) is 25.0. The summed E-state index contributed by atoms with van der Waals surface area (Å²) in [6.07, 6.45) is 10.1. The predicted octanol–water partition coefficient (Wildman–Crippen LogP) is 6.92. The van der Waals surface area contributed by atoms with Crippen LogP contribution in [0, 0.1) is 58.2 Å². The number of hydrogen-bond acceptors (Lipinski definition) is 6. The van der Waals surface area contributed by atoms with Crippen LogP contribution in [-0.4, -0.2) is 34.0 Å². The van der Waals surface area contributed by atoms with E-state index in [0.717, 1.165) is 51.4 Å². The molecular weight excluding hydrogens is 536 g/mol. The average Bonchev–Trinajstić information content (AvgIpc) is 3.00. The largest absolute Gasteiger partial charge is 0.481 e. The Kier molecular flexibility index (Phi) is 35.6. The molecule has 2 amide bonds. The van der Waals surface area contributed by atoms with Gasteiger partial charge in [-0.2, -0.15) is 10.5 Å². The molecule has 42 heavy (non-hydrogen) atoms. The van der Waals surface area contributed by atoms with Gasteiger partial charge in [-0.25, -0.2) is 0 Å². The summed E-state index contributed by atoms with van der Waals surface area (Å²) in [6.45, 7) is 12.0. The van der Waals surface area contributed by atoms with Crippen LogP contribution in [0.3, 0.4) is 0 Å². The van der Waals surface area contributed by atoms with E-state index in [9.17, 15) is 19.2 Å². The van der Waals surface area contributed by atoms with Crippen LogP contribution < -0.4 is 11.5 Å². The summed E-state index contributed by atoms with van der Waals surface area (Å²) >= 11 is 0. The second-order valence-electron chi connectivity index (χ2n) is 9.23. The molecule has 0 saturated heterocycles. The quantitative estimate of drug-likeness (QED) is 0.266. The first-order valence-corrected chi connectivity index (χ1v) is 15.0. The number of nitrogens with two attached hydrogens (primary N) is 2. The lowest BCUT2D eigenvalue weighted by Crippen LogP contribution is -2.39. The fraction of sp³-hybridized carbons (Fsp3) is 0.812. The lowest BCUT2D eigenvalue weighted by molar-refractivity contribution is -0.155. The first-order valence-electron chi connectivity index (χ1n) is 15.0. The highest BCUT2D eigenvalue weighted by Gasteiger charge is 2.35. The Labute approximate surface area is 256 Å². The molecule has 0 aromatic heterocycles. The minimum absolute atomic E-state index is 0. The summed E-state index contributed by atoms with van der Waals surface area (Å²) in [5.41, 5.74) is 10.3. The molecule has 6 N–H and O–H groups in total. The minimum atomic E-state index is -0.970. The van der Waals surface area contributed by atoms with Crippen LogP contribution in [0.4, 0.5) is 0 Å². The molecule has 10 nitrogen and oxygen atoms in total. The van der Waals surface area contributed by atoms with Crippen molar-refractivity contribution in [2.75, 3.05) is 0 Å². The maximum Gasteiger partial charge on any atom is 0.307 e. The summed E-state index contributed by atoms with van der Waals surface area (Å²) in [6, 6.07) is 4.36. The topological polar surface area (TPSA) is 208 Å². The summed E-state index contributed by atoms with van der Waals surface area (Å²) in [4.78, 5) is 43.0. The molecule has 0 heterocycles. The second kappa shape index (κ2) is 30.8. The van der Waals surface area contributed by atoms with E-state index < -0.39 is 35.6 Å². The molecule has 10 heteroatoms. The zero-order valence-corrected chi connectivity index (χ0v) is 25.5. The molecule has 0 aromatic rings. The fourth-order valence-electron chi connectivity index (χ4n) is 4.97. The molecule has 0 spiro atoms. The van der Waals surface area contributed by atoms with Gasteiger partial charge in [0.25, 0.3) is 0 Å². The first-order chi connectivity index (χ1) is 19.1. The number of carboxylic acid groups (broad SMARTS) is 2. The highest BCUT2D eigenvalue weighted by Crippen LogP contribution is 2.31. The number of nitrogens with zero attached hydrogens (tertiary/aromatic N) is 2. The third kappa shape index (κ3) is 19.1. The highest BCUT2D eigenvalue weighted by molar-refractivity contribution is 5.86. The lowest BCUT2D eigenvalue weighted by atomic mass is 9.78. The van der Waals surface area contributed by atoms with Gasteiger partial charge >= 0.3 is 11.9 Å². The van der Waals surface area contributed by atoms with Gasteiger partial charge in [-0.15, -0.1) is 0 Å². The Morgan fingerprint density at radius 3 is 0.929 bits per heavy atom. The minimum Gasteiger partial charge on any atom is -0.481 e. The zero-order valence-electron chi connectivity index (χ0n) is 25.5. The zero-order chi connectivity index (χ0) is 31.7. The first kappa shape index (κ1) is 48.6. The SMILES string of the molecule is C.C.CC.CC.CC.N#CC1CCCC[C@@H]1C#N.NC(=O)C1CCCC[C@@H]1C(N)=O.O=C(O)C1CCCC[C@@H]1C(=O)O. The summed E-state index contributed by atoms with van der Waals surface area (Å²) in [5, 5.41) is 34.6. The number of rotatable bonds is 4. The molecule has 0 radical (unpaired) electrons. The van der Waals surface area contributed by atoms with Gasteiger partial charge in [0.1, 0.15) is 0 Å². The van der Waals surface area contributed by atoms with E-state index in [2.05, 4.69) is 12.1 Å². The maximum absolute atomic E-state index is 10.9. The number of carbonyl (C=O) groups is 4. The monoisotopic (exact) mass is 598 g/mol.